The molecule has 0 aliphatic carbocycles. The Bertz CT molecular complexity index is 1280. The van der Waals surface area contributed by atoms with Crippen LogP contribution in [-0.4, -0.2) is 43.5 Å². The third-order valence-corrected chi connectivity index (χ3v) is 5.60. The zero-order valence-electron chi connectivity index (χ0n) is 18.7. The van der Waals surface area contributed by atoms with E-state index in [9.17, 15) is 13.2 Å². The highest BCUT2D eigenvalue weighted by atomic mass is 19.4. The van der Waals surface area contributed by atoms with Crippen molar-refractivity contribution in [1.29, 1.82) is 0 Å². The number of anilines is 1. The van der Waals surface area contributed by atoms with E-state index in [0.717, 1.165) is 30.3 Å². The molecule has 3 heterocycles. The van der Waals surface area contributed by atoms with E-state index in [4.69, 9.17) is 15.0 Å². The third-order valence-electron chi connectivity index (χ3n) is 5.60. The Hall–Kier alpha value is -4.21. The van der Waals surface area contributed by atoms with E-state index >= 15 is 0 Å². The molecule has 7 nitrogen and oxygen atoms in total. The van der Waals surface area contributed by atoms with Crippen LogP contribution in [0.3, 0.4) is 0 Å². The number of aryl methyl sites for hydroxylation is 1. The van der Waals surface area contributed by atoms with Crippen LogP contribution in [0.1, 0.15) is 22.7 Å². The van der Waals surface area contributed by atoms with Gasteiger partial charge in [-0.25, -0.2) is 14.8 Å². The summed E-state index contributed by atoms with van der Waals surface area (Å²) in [6.07, 6.45) is -1.48. The summed E-state index contributed by atoms with van der Waals surface area (Å²) in [4.78, 5) is 20.2. The second kappa shape index (κ2) is 9.96. The first-order valence-corrected chi connectivity index (χ1v) is 10.7. The highest BCUT2D eigenvalue weighted by molar-refractivity contribution is 5.73. The lowest BCUT2D eigenvalue weighted by atomic mass is 9.88. The molecule has 180 valence electrons. The minimum absolute atomic E-state index is 0.212. The van der Waals surface area contributed by atoms with Gasteiger partial charge < -0.3 is 10.0 Å². The standard InChI is InChI=1S/C23H21N5.C2HF3O2/c1-27-22-19(17-9-4-2-5-10-17)15-28(23-24-13-8-14-25-23)16-20(22)21(26-27)18-11-6-3-7-12-18;3-2(4,5)1(6)7/h2-14,19H,15-16H2,1H3;(H,6,7). The Morgan fingerprint density at radius 1 is 0.971 bits per heavy atom. The van der Waals surface area contributed by atoms with Gasteiger partial charge in [-0.1, -0.05) is 60.7 Å². The Morgan fingerprint density at radius 3 is 2.11 bits per heavy atom. The normalized spacial score (nSPS) is 15.1. The molecular weight excluding hydrogens is 459 g/mol. The molecule has 1 atom stereocenters. The van der Waals surface area contributed by atoms with E-state index in [1.165, 1.54) is 16.8 Å². The van der Waals surface area contributed by atoms with Crippen molar-refractivity contribution >= 4 is 11.9 Å². The number of rotatable bonds is 3. The predicted octanol–water partition coefficient (Wildman–Crippen LogP) is 4.66. The number of alkyl halides is 3. The molecule has 2 aromatic heterocycles. The Morgan fingerprint density at radius 2 is 1.54 bits per heavy atom. The van der Waals surface area contributed by atoms with E-state index in [1.54, 1.807) is 12.4 Å². The molecule has 1 aliphatic heterocycles. The number of aromatic nitrogens is 4. The van der Waals surface area contributed by atoms with E-state index in [2.05, 4.69) is 81.2 Å². The monoisotopic (exact) mass is 481 g/mol. The van der Waals surface area contributed by atoms with Crippen molar-refractivity contribution in [3.63, 3.8) is 0 Å². The van der Waals surface area contributed by atoms with E-state index in [-0.39, 0.29) is 5.92 Å². The molecule has 0 fully saturated rings. The summed E-state index contributed by atoms with van der Waals surface area (Å²) in [5, 5.41) is 12.0. The van der Waals surface area contributed by atoms with Gasteiger partial charge in [0.1, 0.15) is 0 Å². The number of hydrogen-bond acceptors (Lipinski definition) is 5. The first-order valence-electron chi connectivity index (χ1n) is 10.7. The van der Waals surface area contributed by atoms with E-state index < -0.39 is 12.1 Å². The molecular formula is C25H22F3N5O2. The summed E-state index contributed by atoms with van der Waals surface area (Å²) in [6.45, 7) is 1.58. The van der Waals surface area contributed by atoms with Crippen molar-refractivity contribution in [3.05, 3.63) is 95.9 Å². The summed E-state index contributed by atoms with van der Waals surface area (Å²) in [5.41, 5.74) is 5.99. The Labute approximate surface area is 199 Å². The minimum atomic E-state index is -5.08. The van der Waals surface area contributed by atoms with Crippen LogP contribution >= 0.6 is 0 Å². The lowest BCUT2D eigenvalue weighted by molar-refractivity contribution is -0.192. The number of fused-ring (bicyclic) bond motifs is 1. The molecule has 5 rings (SSSR count). The summed E-state index contributed by atoms with van der Waals surface area (Å²) in [6, 6.07) is 22.9. The Kier molecular flexibility index (Phi) is 6.81. The smallest absolute Gasteiger partial charge is 0.475 e. The van der Waals surface area contributed by atoms with Crippen LogP contribution < -0.4 is 4.90 Å². The Balaban J connectivity index is 0.000000364. The van der Waals surface area contributed by atoms with Gasteiger partial charge in [-0.2, -0.15) is 18.3 Å². The van der Waals surface area contributed by atoms with Crippen LogP contribution in [0.4, 0.5) is 19.1 Å². The molecule has 0 radical (unpaired) electrons. The maximum Gasteiger partial charge on any atom is 0.490 e. The highest BCUT2D eigenvalue weighted by Gasteiger charge is 2.38. The second-order valence-corrected chi connectivity index (χ2v) is 7.90. The topological polar surface area (TPSA) is 84.1 Å². The number of nitrogens with zero attached hydrogens (tertiary/aromatic N) is 5. The summed E-state index contributed by atoms with van der Waals surface area (Å²) < 4.78 is 33.8. The zero-order chi connectivity index (χ0) is 25.0. The van der Waals surface area contributed by atoms with Crippen LogP contribution in [0.5, 0.6) is 0 Å². The van der Waals surface area contributed by atoms with Crippen molar-refractivity contribution in [1.82, 2.24) is 19.7 Å². The molecule has 1 N–H and O–H groups in total. The number of carboxylic acids is 1. The maximum absolute atomic E-state index is 10.6. The SMILES string of the molecule is Cn1nc(-c2ccccc2)c2c1C(c1ccccc1)CN(c1ncccn1)C2.O=C(O)C(F)(F)F. The third kappa shape index (κ3) is 5.32. The van der Waals surface area contributed by atoms with Gasteiger partial charge in [0.05, 0.1) is 11.4 Å². The second-order valence-electron chi connectivity index (χ2n) is 7.90. The number of benzene rings is 2. The van der Waals surface area contributed by atoms with E-state index in [0.29, 0.717) is 0 Å². The zero-order valence-corrected chi connectivity index (χ0v) is 18.7. The van der Waals surface area contributed by atoms with Gasteiger partial charge in [0.25, 0.3) is 0 Å². The number of hydrogen-bond donors (Lipinski definition) is 1. The molecule has 0 amide bonds. The van der Waals surface area contributed by atoms with Crippen LogP contribution in [0.15, 0.2) is 79.1 Å². The summed E-state index contributed by atoms with van der Waals surface area (Å²) >= 11 is 0. The van der Waals surface area contributed by atoms with Gasteiger partial charge in [0.2, 0.25) is 5.95 Å². The molecule has 35 heavy (non-hydrogen) atoms. The van der Waals surface area contributed by atoms with Gasteiger partial charge in [0.15, 0.2) is 0 Å². The van der Waals surface area contributed by atoms with Crippen molar-refractivity contribution in [3.8, 4) is 11.3 Å². The van der Waals surface area contributed by atoms with E-state index in [1.807, 2.05) is 12.1 Å². The predicted molar refractivity (Wildman–Crippen MR) is 124 cm³/mol. The molecule has 0 bridgehead atoms. The molecule has 2 aromatic carbocycles. The summed E-state index contributed by atoms with van der Waals surface area (Å²) in [7, 11) is 2.05. The number of carboxylic acid groups (broad SMARTS) is 1. The number of aliphatic carboxylic acids is 1. The first-order chi connectivity index (χ1) is 16.8. The van der Waals surface area contributed by atoms with Gasteiger partial charge in [-0.05, 0) is 11.6 Å². The lowest BCUT2D eigenvalue weighted by Crippen LogP contribution is -2.36. The molecule has 0 spiro atoms. The fourth-order valence-electron chi connectivity index (χ4n) is 4.12. The average molecular weight is 481 g/mol. The number of halogens is 3. The molecule has 1 aliphatic rings. The van der Waals surface area contributed by atoms with Crippen LogP contribution in [0, 0.1) is 0 Å². The largest absolute Gasteiger partial charge is 0.490 e. The summed E-state index contributed by atoms with van der Waals surface area (Å²) in [5.74, 6) is -1.78. The van der Waals surface area contributed by atoms with Crippen molar-refractivity contribution in [2.75, 3.05) is 11.4 Å². The van der Waals surface area contributed by atoms with Crippen molar-refractivity contribution < 1.29 is 23.1 Å². The van der Waals surface area contributed by atoms with Crippen molar-refractivity contribution in [2.24, 2.45) is 7.05 Å². The van der Waals surface area contributed by atoms with Crippen molar-refractivity contribution in [2.45, 2.75) is 18.6 Å². The molecule has 0 saturated carbocycles. The average Bonchev–Trinajstić information content (AvgIpc) is 3.21. The fourth-order valence-corrected chi connectivity index (χ4v) is 4.12. The van der Waals surface area contributed by atoms with Crippen LogP contribution in [-0.2, 0) is 18.4 Å². The van der Waals surface area contributed by atoms with Crippen LogP contribution in [0.2, 0.25) is 0 Å². The molecule has 1 unspecified atom stereocenters. The van der Waals surface area contributed by atoms with Gasteiger partial charge in [-0.3, -0.25) is 4.68 Å². The molecule has 0 saturated heterocycles. The first kappa shape index (κ1) is 23.9. The lowest BCUT2D eigenvalue weighted by Gasteiger charge is -2.33. The number of carbonyl (C=O) groups is 1. The van der Waals surface area contributed by atoms with Gasteiger partial charge in [-0.15, -0.1) is 0 Å². The highest BCUT2D eigenvalue weighted by Crippen LogP contribution is 2.38. The molecule has 10 heteroatoms. The van der Waals surface area contributed by atoms with Gasteiger partial charge in [0, 0.05) is 49.6 Å². The maximum atomic E-state index is 10.6. The van der Waals surface area contributed by atoms with Gasteiger partial charge >= 0.3 is 12.1 Å². The minimum Gasteiger partial charge on any atom is -0.475 e. The fraction of sp³-hybridized carbons (Fsp3) is 0.200. The quantitative estimate of drug-likeness (QED) is 0.458. The van der Waals surface area contributed by atoms with Crippen LogP contribution in [0.25, 0.3) is 11.3 Å². The molecule has 4 aromatic rings.